The molecule has 0 radical (unpaired) electrons. The Morgan fingerprint density at radius 1 is 1.12 bits per heavy atom. The van der Waals surface area contributed by atoms with Crippen LogP contribution >= 0.6 is 0 Å². The zero-order chi connectivity index (χ0) is 18.6. The Morgan fingerprint density at radius 2 is 1.81 bits per heavy atom. The number of tetrazole rings is 1. The molecule has 1 aromatic carbocycles. The van der Waals surface area contributed by atoms with Crippen molar-refractivity contribution >= 4 is 10.0 Å². The van der Waals surface area contributed by atoms with Gasteiger partial charge in [0.25, 0.3) is 0 Å². The molecule has 1 aromatic heterocycles. The van der Waals surface area contributed by atoms with E-state index in [2.05, 4.69) is 27.3 Å². The number of sulfonamides is 1. The van der Waals surface area contributed by atoms with E-state index in [0.717, 1.165) is 18.8 Å². The maximum atomic E-state index is 12.8. The van der Waals surface area contributed by atoms with E-state index in [1.165, 1.54) is 4.31 Å². The van der Waals surface area contributed by atoms with Crippen LogP contribution in [0.3, 0.4) is 0 Å². The van der Waals surface area contributed by atoms with Crippen LogP contribution in [0.5, 0.6) is 5.75 Å². The molecule has 0 aliphatic carbocycles. The number of hydrogen-bond donors (Lipinski definition) is 0. The summed E-state index contributed by atoms with van der Waals surface area (Å²) in [5, 5.41) is 11.8. The molecule has 1 fully saturated rings. The molecule has 0 spiro atoms. The van der Waals surface area contributed by atoms with E-state index in [1.807, 2.05) is 0 Å². The van der Waals surface area contributed by atoms with Crippen LogP contribution in [0.1, 0.15) is 19.2 Å². The Balaban J connectivity index is 1.61. The van der Waals surface area contributed by atoms with E-state index in [9.17, 15) is 8.42 Å². The Bertz CT molecular complexity index is 813. The summed E-state index contributed by atoms with van der Waals surface area (Å²) in [6, 6.07) is 6.49. The highest BCUT2D eigenvalue weighted by Gasteiger charge is 2.29. The third kappa shape index (κ3) is 4.02. The molecule has 0 N–H and O–H groups in total. The van der Waals surface area contributed by atoms with Crippen molar-refractivity contribution in [3.8, 4) is 5.75 Å². The minimum Gasteiger partial charge on any atom is -0.497 e. The normalized spacial score (nSPS) is 16.7. The number of methoxy groups -OCH3 is 1. The molecule has 3 rings (SSSR count). The van der Waals surface area contributed by atoms with Crippen molar-refractivity contribution in [3.05, 3.63) is 30.1 Å². The van der Waals surface area contributed by atoms with Crippen LogP contribution in [0.2, 0.25) is 0 Å². The Morgan fingerprint density at radius 3 is 2.42 bits per heavy atom. The van der Waals surface area contributed by atoms with Gasteiger partial charge in [0.15, 0.2) is 5.82 Å². The van der Waals surface area contributed by atoms with Crippen molar-refractivity contribution in [2.24, 2.45) is 0 Å². The third-order valence-electron chi connectivity index (χ3n) is 4.43. The highest BCUT2D eigenvalue weighted by atomic mass is 32.2. The maximum absolute atomic E-state index is 12.8. The Kier molecular flexibility index (Phi) is 5.84. The summed E-state index contributed by atoms with van der Waals surface area (Å²) in [4.78, 5) is 2.47. The van der Waals surface area contributed by atoms with Crippen LogP contribution in [0.4, 0.5) is 0 Å². The van der Waals surface area contributed by atoms with Crippen LogP contribution in [0.25, 0.3) is 0 Å². The van der Waals surface area contributed by atoms with Gasteiger partial charge in [0.1, 0.15) is 5.75 Å². The summed E-state index contributed by atoms with van der Waals surface area (Å²) in [5.74, 6) is 1.46. The average molecular weight is 380 g/mol. The molecule has 0 unspecified atom stereocenters. The molecule has 9 nitrogen and oxygen atoms in total. The fourth-order valence-electron chi connectivity index (χ4n) is 2.95. The van der Waals surface area contributed by atoms with Gasteiger partial charge in [-0.2, -0.15) is 4.31 Å². The molecule has 1 aliphatic rings. The molecular formula is C16H24N6O3S. The first-order chi connectivity index (χ1) is 12.5. The second-order valence-electron chi connectivity index (χ2n) is 6.17. The number of nitrogens with zero attached hydrogens (tertiary/aromatic N) is 6. The largest absolute Gasteiger partial charge is 0.497 e. The standard InChI is InChI=1S/C16H24N6O3S/c1-3-8-22-16(17-18-19-22)13-20-9-11-21(12-10-20)26(23,24)15-6-4-14(25-2)5-7-15/h4-7H,3,8-13H2,1-2H3. The van der Waals surface area contributed by atoms with Crippen molar-refractivity contribution in [3.63, 3.8) is 0 Å². The third-order valence-corrected chi connectivity index (χ3v) is 6.35. The quantitative estimate of drug-likeness (QED) is 0.694. The molecule has 1 saturated heterocycles. The number of benzene rings is 1. The van der Waals surface area contributed by atoms with Gasteiger partial charge in [-0.05, 0) is 41.1 Å². The number of rotatable bonds is 7. The lowest BCUT2D eigenvalue weighted by molar-refractivity contribution is 0.175. The predicted octanol–water partition coefficient (Wildman–Crippen LogP) is 0.598. The van der Waals surface area contributed by atoms with Crippen molar-refractivity contribution in [2.45, 2.75) is 31.3 Å². The average Bonchev–Trinajstić information content (AvgIpc) is 3.09. The van der Waals surface area contributed by atoms with E-state index in [1.54, 1.807) is 36.1 Å². The van der Waals surface area contributed by atoms with E-state index < -0.39 is 10.0 Å². The number of hydrogen-bond acceptors (Lipinski definition) is 7. The number of aryl methyl sites for hydroxylation is 1. The number of ether oxygens (including phenoxy) is 1. The summed E-state index contributed by atoms with van der Waals surface area (Å²) in [6.45, 7) is 5.68. The summed E-state index contributed by atoms with van der Waals surface area (Å²) in [7, 11) is -1.93. The fraction of sp³-hybridized carbons (Fsp3) is 0.562. The van der Waals surface area contributed by atoms with Gasteiger partial charge in [0.2, 0.25) is 10.0 Å². The topological polar surface area (TPSA) is 93.5 Å². The molecule has 2 heterocycles. The zero-order valence-corrected chi connectivity index (χ0v) is 15.9. The van der Waals surface area contributed by atoms with Crippen LogP contribution in [-0.4, -0.2) is 71.1 Å². The Hall–Kier alpha value is -2.04. The molecule has 2 aromatic rings. The molecule has 0 amide bonds. The van der Waals surface area contributed by atoms with Gasteiger partial charge in [-0.3, -0.25) is 4.90 Å². The highest BCUT2D eigenvalue weighted by Crippen LogP contribution is 2.21. The summed E-state index contributed by atoms with van der Waals surface area (Å²) in [5.41, 5.74) is 0. The molecule has 0 saturated carbocycles. The van der Waals surface area contributed by atoms with Gasteiger partial charge in [0, 0.05) is 32.7 Å². The minimum absolute atomic E-state index is 0.290. The van der Waals surface area contributed by atoms with Crippen molar-refractivity contribution in [2.75, 3.05) is 33.3 Å². The molecule has 0 atom stereocenters. The SMILES string of the molecule is CCCn1nnnc1CN1CCN(S(=O)(=O)c2ccc(OC)cc2)CC1. The minimum atomic E-state index is -3.48. The van der Waals surface area contributed by atoms with Crippen molar-refractivity contribution in [1.29, 1.82) is 0 Å². The smallest absolute Gasteiger partial charge is 0.243 e. The van der Waals surface area contributed by atoms with Gasteiger partial charge in [0.05, 0.1) is 18.6 Å². The molecule has 26 heavy (non-hydrogen) atoms. The molecule has 142 valence electrons. The lowest BCUT2D eigenvalue weighted by atomic mass is 10.3. The first-order valence-electron chi connectivity index (χ1n) is 8.66. The monoisotopic (exact) mass is 380 g/mol. The number of aromatic nitrogens is 4. The van der Waals surface area contributed by atoms with Gasteiger partial charge in [-0.1, -0.05) is 6.92 Å². The highest BCUT2D eigenvalue weighted by molar-refractivity contribution is 7.89. The van der Waals surface area contributed by atoms with E-state index in [0.29, 0.717) is 43.4 Å². The van der Waals surface area contributed by atoms with E-state index in [-0.39, 0.29) is 0 Å². The Labute approximate surface area is 153 Å². The van der Waals surface area contributed by atoms with Gasteiger partial charge < -0.3 is 4.74 Å². The van der Waals surface area contributed by atoms with Gasteiger partial charge in [-0.15, -0.1) is 5.10 Å². The summed E-state index contributed by atoms with van der Waals surface area (Å²) < 4.78 is 34.0. The van der Waals surface area contributed by atoms with Gasteiger partial charge >= 0.3 is 0 Å². The van der Waals surface area contributed by atoms with Crippen molar-refractivity contribution in [1.82, 2.24) is 29.4 Å². The molecule has 10 heteroatoms. The maximum Gasteiger partial charge on any atom is 0.243 e. The lowest BCUT2D eigenvalue weighted by Crippen LogP contribution is -2.48. The second-order valence-corrected chi connectivity index (χ2v) is 8.11. The number of piperazine rings is 1. The first-order valence-corrected chi connectivity index (χ1v) is 10.1. The molecule has 0 bridgehead atoms. The van der Waals surface area contributed by atoms with Crippen LogP contribution in [0, 0.1) is 0 Å². The van der Waals surface area contributed by atoms with E-state index in [4.69, 9.17) is 4.74 Å². The molecular weight excluding hydrogens is 356 g/mol. The van der Waals surface area contributed by atoms with Crippen molar-refractivity contribution < 1.29 is 13.2 Å². The summed E-state index contributed by atoms with van der Waals surface area (Å²) >= 11 is 0. The first kappa shape index (κ1) is 18.7. The summed E-state index contributed by atoms with van der Waals surface area (Å²) in [6.07, 6.45) is 0.964. The lowest BCUT2D eigenvalue weighted by Gasteiger charge is -2.33. The second kappa shape index (κ2) is 8.11. The van der Waals surface area contributed by atoms with Crippen LogP contribution in [-0.2, 0) is 23.1 Å². The molecule has 1 aliphatic heterocycles. The predicted molar refractivity (Wildman–Crippen MR) is 95.1 cm³/mol. The van der Waals surface area contributed by atoms with Crippen LogP contribution < -0.4 is 4.74 Å². The zero-order valence-electron chi connectivity index (χ0n) is 15.1. The fourth-order valence-corrected chi connectivity index (χ4v) is 4.37. The van der Waals surface area contributed by atoms with E-state index >= 15 is 0 Å². The van der Waals surface area contributed by atoms with Crippen LogP contribution in [0.15, 0.2) is 29.2 Å². The van der Waals surface area contributed by atoms with Gasteiger partial charge in [-0.25, -0.2) is 13.1 Å².